The third-order valence-corrected chi connectivity index (χ3v) is 9.79. The van der Waals surface area contributed by atoms with E-state index in [1.807, 2.05) is 0 Å². The minimum atomic E-state index is -4.87. The van der Waals surface area contributed by atoms with Crippen LogP contribution in [-0.2, 0) is 21.4 Å². The molecule has 2 atom stereocenters. The summed E-state index contributed by atoms with van der Waals surface area (Å²) in [5.41, 5.74) is 0.910. The van der Waals surface area contributed by atoms with Gasteiger partial charge in [0.05, 0.1) is 23.2 Å². The predicted octanol–water partition coefficient (Wildman–Crippen LogP) is 5.87. The van der Waals surface area contributed by atoms with Crippen LogP contribution in [0, 0.1) is 11.8 Å². The summed E-state index contributed by atoms with van der Waals surface area (Å²) < 4.78 is 84.5. The van der Waals surface area contributed by atoms with E-state index in [0.717, 1.165) is 31.7 Å². The third-order valence-electron chi connectivity index (χ3n) is 8.34. The molecule has 0 aliphatic heterocycles. The van der Waals surface area contributed by atoms with Gasteiger partial charge in [0.15, 0.2) is 0 Å². The fourth-order valence-electron chi connectivity index (χ4n) is 6.26. The third kappa shape index (κ3) is 6.04. The number of para-hydroxylation sites is 1. The molecule has 2 aromatic carbocycles. The van der Waals surface area contributed by atoms with Crippen LogP contribution in [0.2, 0.25) is 0 Å². The molecule has 3 aliphatic rings. The van der Waals surface area contributed by atoms with Crippen LogP contribution < -0.4 is 9.46 Å². The highest BCUT2D eigenvalue weighted by molar-refractivity contribution is 7.89. The summed E-state index contributed by atoms with van der Waals surface area (Å²) in [4.78, 5) is 11.2. The van der Waals surface area contributed by atoms with Crippen molar-refractivity contribution in [3.63, 3.8) is 0 Å². The normalized spacial score (nSPS) is 24.1. The molecule has 42 heavy (non-hydrogen) atoms. The molecule has 3 saturated carbocycles. The molecule has 0 saturated heterocycles. The van der Waals surface area contributed by atoms with Crippen molar-refractivity contribution >= 4 is 16.0 Å². The number of alkyl halides is 3. The first-order valence-corrected chi connectivity index (χ1v) is 15.3. The molecule has 6 rings (SSSR count). The van der Waals surface area contributed by atoms with E-state index >= 15 is 0 Å². The van der Waals surface area contributed by atoms with Gasteiger partial charge in [0, 0.05) is 23.1 Å². The number of carbonyl (C=O) groups is 1. The minimum Gasteiger partial charge on any atom is -0.478 e. The summed E-state index contributed by atoms with van der Waals surface area (Å²) in [6.45, 7) is 0.0908. The van der Waals surface area contributed by atoms with Crippen molar-refractivity contribution in [2.75, 3.05) is 0 Å². The van der Waals surface area contributed by atoms with Crippen LogP contribution in [0.4, 0.5) is 13.2 Å². The number of rotatable bonds is 10. The smallest absolute Gasteiger partial charge is 0.478 e. The second kappa shape index (κ2) is 11.0. The van der Waals surface area contributed by atoms with Gasteiger partial charge in [-0.15, -0.1) is 13.2 Å². The number of nitrogens with one attached hydrogen (secondary N) is 1. The Kier molecular flexibility index (Phi) is 7.52. The molecule has 0 radical (unpaired) electrons. The van der Waals surface area contributed by atoms with Gasteiger partial charge < -0.3 is 19.1 Å². The molecule has 224 valence electrons. The molecule has 3 aliphatic carbocycles. The molecule has 2 unspecified atom stereocenters. The Morgan fingerprint density at radius 3 is 2.43 bits per heavy atom. The largest absolute Gasteiger partial charge is 0.573 e. The van der Waals surface area contributed by atoms with Gasteiger partial charge in [-0.1, -0.05) is 23.4 Å². The number of fused-ring (bicyclic) bond motifs is 2. The van der Waals surface area contributed by atoms with Crippen molar-refractivity contribution < 1.29 is 45.5 Å². The molecule has 0 amide bonds. The number of hydrogen-bond donors (Lipinski definition) is 2. The van der Waals surface area contributed by atoms with Gasteiger partial charge in [-0.2, -0.15) is 0 Å². The number of aromatic carboxylic acids is 1. The highest BCUT2D eigenvalue weighted by Gasteiger charge is 2.45. The van der Waals surface area contributed by atoms with Gasteiger partial charge in [0.1, 0.15) is 17.2 Å². The van der Waals surface area contributed by atoms with E-state index in [0.29, 0.717) is 24.2 Å². The van der Waals surface area contributed by atoms with Crippen LogP contribution in [0.15, 0.2) is 57.9 Å². The standard InChI is InChI=1S/C29H29F3N2O7S/c30-29(31,32)40-24-7-2-1-6-22(24)26-23(27(41-33-26)16-8-9-16)15-39-20-12-17-10-11-18(13-20)25(17)34-42(37,38)21-5-3-4-19(14-21)28(35)36/h1-7,14,16-18,20,25,34H,8-13,15H2,(H,35,36). The van der Waals surface area contributed by atoms with Gasteiger partial charge in [-0.25, -0.2) is 17.9 Å². The quantitative estimate of drug-likeness (QED) is 0.293. The lowest BCUT2D eigenvalue weighted by Gasteiger charge is -2.35. The van der Waals surface area contributed by atoms with Crippen LogP contribution in [0.3, 0.4) is 0 Å². The van der Waals surface area contributed by atoms with E-state index in [9.17, 15) is 31.5 Å². The number of ether oxygens (including phenoxy) is 2. The number of carboxylic acids is 1. The number of aromatic nitrogens is 1. The molecular weight excluding hydrogens is 577 g/mol. The lowest BCUT2D eigenvalue weighted by molar-refractivity contribution is -0.274. The van der Waals surface area contributed by atoms with Crippen molar-refractivity contribution in [1.82, 2.24) is 9.88 Å². The Bertz CT molecular complexity index is 1570. The monoisotopic (exact) mass is 606 g/mol. The molecule has 3 fully saturated rings. The molecular formula is C29H29F3N2O7S. The van der Waals surface area contributed by atoms with Crippen LogP contribution in [0.1, 0.15) is 66.1 Å². The van der Waals surface area contributed by atoms with E-state index in [-0.39, 0.29) is 64.0 Å². The topological polar surface area (TPSA) is 128 Å². The van der Waals surface area contributed by atoms with Crippen LogP contribution >= 0.6 is 0 Å². The summed E-state index contributed by atoms with van der Waals surface area (Å²) in [5.74, 6) is -0.779. The molecule has 13 heteroatoms. The molecule has 9 nitrogen and oxygen atoms in total. The van der Waals surface area contributed by atoms with Gasteiger partial charge >= 0.3 is 12.3 Å². The first-order chi connectivity index (χ1) is 20.0. The maximum Gasteiger partial charge on any atom is 0.573 e. The first-order valence-electron chi connectivity index (χ1n) is 13.8. The van der Waals surface area contributed by atoms with E-state index in [4.69, 9.17) is 9.26 Å². The summed E-state index contributed by atoms with van der Waals surface area (Å²) >= 11 is 0. The SMILES string of the molecule is O=C(O)c1cccc(S(=O)(=O)NC2C3CCC2CC(OCc2c(-c4ccccc4OC(F)(F)F)noc2C2CC2)C3)c1. The first kappa shape index (κ1) is 28.7. The Morgan fingerprint density at radius 2 is 1.76 bits per heavy atom. The molecule has 3 aromatic rings. The molecule has 2 bridgehead atoms. The Hall–Kier alpha value is -3.42. The maximum atomic E-state index is 13.1. The van der Waals surface area contributed by atoms with Crippen LogP contribution in [-0.4, -0.2) is 43.2 Å². The zero-order chi connectivity index (χ0) is 29.6. The summed E-state index contributed by atoms with van der Waals surface area (Å²) in [6.07, 6.45) is -0.413. The molecule has 1 aromatic heterocycles. The fraction of sp³-hybridized carbons (Fsp3) is 0.448. The number of hydrogen-bond acceptors (Lipinski definition) is 7. The highest BCUT2D eigenvalue weighted by atomic mass is 32.2. The molecule has 0 spiro atoms. The number of halogens is 3. The van der Waals surface area contributed by atoms with Crippen molar-refractivity contribution in [2.24, 2.45) is 11.8 Å². The summed E-state index contributed by atoms with van der Waals surface area (Å²) in [6, 6.07) is 10.7. The van der Waals surface area contributed by atoms with E-state index in [1.165, 1.54) is 36.4 Å². The average Bonchev–Trinajstić information content (AvgIpc) is 3.66. The van der Waals surface area contributed by atoms with Gasteiger partial charge in [0.2, 0.25) is 10.0 Å². The summed E-state index contributed by atoms with van der Waals surface area (Å²) in [5, 5.41) is 13.4. The number of benzene rings is 2. The Labute approximate surface area is 240 Å². The predicted molar refractivity (Wildman–Crippen MR) is 142 cm³/mol. The van der Waals surface area contributed by atoms with E-state index in [1.54, 1.807) is 6.07 Å². The van der Waals surface area contributed by atoms with E-state index < -0.39 is 22.4 Å². The zero-order valence-corrected chi connectivity index (χ0v) is 23.2. The van der Waals surface area contributed by atoms with Crippen molar-refractivity contribution in [3.05, 3.63) is 65.4 Å². The minimum absolute atomic E-state index is 0.0249. The van der Waals surface area contributed by atoms with Crippen LogP contribution in [0.5, 0.6) is 5.75 Å². The lowest BCUT2D eigenvalue weighted by atomic mass is 9.83. The maximum absolute atomic E-state index is 13.1. The average molecular weight is 607 g/mol. The zero-order valence-electron chi connectivity index (χ0n) is 22.3. The van der Waals surface area contributed by atoms with Crippen molar-refractivity contribution in [1.29, 1.82) is 0 Å². The summed E-state index contributed by atoms with van der Waals surface area (Å²) in [7, 11) is -3.94. The van der Waals surface area contributed by atoms with E-state index in [2.05, 4.69) is 14.6 Å². The Morgan fingerprint density at radius 1 is 1.05 bits per heavy atom. The second-order valence-electron chi connectivity index (χ2n) is 11.2. The second-order valence-corrected chi connectivity index (χ2v) is 12.9. The van der Waals surface area contributed by atoms with Crippen molar-refractivity contribution in [3.8, 4) is 17.0 Å². The Balaban J connectivity index is 1.16. The number of nitrogens with zero attached hydrogens (tertiary/aromatic N) is 1. The molecule has 1 heterocycles. The highest BCUT2D eigenvalue weighted by Crippen LogP contribution is 2.47. The van der Waals surface area contributed by atoms with Gasteiger partial charge in [0.25, 0.3) is 0 Å². The van der Waals surface area contributed by atoms with Crippen LogP contribution in [0.25, 0.3) is 11.3 Å². The fourth-order valence-corrected chi connectivity index (χ4v) is 7.68. The van der Waals surface area contributed by atoms with Gasteiger partial charge in [-0.05, 0) is 80.7 Å². The number of carboxylic acid groups (broad SMARTS) is 1. The van der Waals surface area contributed by atoms with Gasteiger partial charge in [-0.3, -0.25) is 0 Å². The molecule has 2 N–H and O–H groups in total. The lowest BCUT2D eigenvalue weighted by Crippen LogP contribution is -2.46. The number of sulfonamides is 1. The van der Waals surface area contributed by atoms with Crippen molar-refractivity contribution in [2.45, 2.75) is 74.5 Å².